The van der Waals surface area contributed by atoms with Crippen LogP contribution in [0.15, 0.2) is 42.5 Å². The van der Waals surface area contributed by atoms with Crippen LogP contribution in [-0.4, -0.2) is 37.2 Å². The summed E-state index contributed by atoms with van der Waals surface area (Å²) in [7, 11) is -1.91. The molecule has 1 aromatic rings. The molecule has 26 heavy (non-hydrogen) atoms. The van der Waals surface area contributed by atoms with Crippen LogP contribution in [0.1, 0.15) is 39.2 Å². The van der Waals surface area contributed by atoms with Gasteiger partial charge in [0.2, 0.25) is 5.91 Å². The molecule has 3 nitrogen and oxygen atoms in total. The second kappa shape index (κ2) is 8.72. The lowest BCUT2D eigenvalue weighted by atomic mass is 10.2. The molecular weight excluding hydrogens is 362 g/mol. The first-order valence-corrected chi connectivity index (χ1v) is 12.7. The first-order chi connectivity index (χ1) is 12.1. The van der Waals surface area contributed by atoms with Crippen molar-refractivity contribution in [2.45, 2.75) is 69.8 Å². The zero-order chi connectivity index (χ0) is 19.4. The van der Waals surface area contributed by atoms with Gasteiger partial charge in [0, 0.05) is 13.1 Å². The van der Waals surface area contributed by atoms with Crippen molar-refractivity contribution >= 4 is 25.8 Å². The maximum Gasteiger partial charge on any atom is 0.241 e. The largest absolute Gasteiger partial charge is 0.412 e. The molecule has 0 spiro atoms. The van der Waals surface area contributed by atoms with Crippen LogP contribution >= 0.6 is 11.6 Å². The molecule has 0 radical (unpaired) electrons. The van der Waals surface area contributed by atoms with Crippen LogP contribution < -0.4 is 0 Å². The van der Waals surface area contributed by atoms with Crippen LogP contribution in [-0.2, 0) is 15.8 Å². The maximum atomic E-state index is 12.9. The topological polar surface area (TPSA) is 29.5 Å². The second-order valence-corrected chi connectivity index (χ2v) is 13.9. The summed E-state index contributed by atoms with van der Waals surface area (Å²) >= 11 is 6.36. The fourth-order valence-electron chi connectivity index (χ4n) is 2.80. The minimum absolute atomic E-state index is 0.00164. The van der Waals surface area contributed by atoms with Crippen molar-refractivity contribution in [1.82, 2.24) is 4.90 Å². The average molecular weight is 394 g/mol. The van der Waals surface area contributed by atoms with E-state index in [1.165, 1.54) is 0 Å². The summed E-state index contributed by atoms with van der Waals surface area (Å²) < 4.78 is 6.64. The third-order valence-electron chi connectivity index (χ3n) is 5.40. The standard InChI is InChI=1S/C21H32ClNO2Si/c1-21(2,3)26(4,5)25-18-13-9-10-14-19(22)20(24)23(16-18)15-17-11-7-6-8-12-17/h6-12,18-19H,13-16H2,1-5H3/b10-9-/t18-,19-/m1/s1. The molecule has 0 N–H and O–H groups in total. The van der Waals surface area contributed by atoms with Crippen molar-refractivity contribution in [2.24, 2.45) is 0 Å². The molecule has 1 amide bonds. The van der Waals surface area contributed by atoms with Crippen LogP contribution in [0, 0.1) is 0 Å². The molecule has 1 heterocycles. The van der Waals surface area contributed by atoms with Crippen LogP contribution in [0.5, 0.6) is 0 Å². The zero-order valence-corrected chi connectivity index (χ0v) is 18.4. The number of benzene rings is 1. The van der Waals surface area contributed by atoms with Gasteiger partial charge in [-0.15, -0.1) is 11.6 Å². The lowest BCUT2D eigenvalue weighted by Gasteiger charge is -2.40. The van der Waals surface area contributed by atoms with Crippen LogP contribution in [0.4, 0.5) is 0 Å². The fraction of sp³-hybridized carbons (Fsp3) is 0.571. The molecule has 144 valence electrons. The van der Waals surface area contributed by atoms with Crippen LogP contribution in [0.3, 0.4) is 0 Å². The lowest BCUT2D eigenvalue weighted by molar-refractivity contribution is -0.132. The van der Waals surface area contributed by atoms with Gasteiger partial charge < -0.3 is 9.33 Å². The van der Waals surface area contributed by atoms with E-state index in [0.29, 0.717) is 19.5 Å². The van der Waals surface area contributed by atoms with Gasteiger partial charge in [-0.1, -0.05) is 63.3 Å². The number of amides is 1. The Morgan fingerprint density at radius 1 is 1.15 bits per heavy atom. The van der Waals surface area contributed by atoms with Gasteiger partial charge in [0.05, 0.1) is 6.10 Å². The van der Waals surface area contributed by atoms with E-state index in [2.05, 4.69) is 39.9 Å². The summed E-state index contributed by atoms with van der Waals surface area (Å²) in [5, 5.41) is -0.375. The van der Waals surface area contributed by atoms with Crippen molar-refractivity contribution in [3.8, 4) is 0 Å². The minimum atomic E-state index is -1.91. The summed E-state index contributed by atoms with van der Waals surface area (Å²) in [4.78, 5) is 14.8. The quantitative estimate of drug-likeness (QED) is 0.391. The van der Waals surface area contributed by atoms with Gasteiger partial charge in [-0.2, -0.15) is 0 Å². The molecule has 1 aliphatic rings. The number of carbonyl (C=O) groups is 1. The second-order valence-electron chi connectivity index (χ2n) is 8.61. The highest BCUT2D eigenvalue weighted by atomic mass is 35.5. The number of rotatable bonds is 4. The Morgan fingerprint density at radius 2 is 1.77 bits per heavy atom. The van der Waals surface area contributed by atoms with Gasteiger partial charge in [-0.05, 0) is 36.5 Å². The molecule has 2 rings (SSSR count). The van der Waals surface area contributed by atoms with E-state index in [1.54, 1.807) is 0 Å². The summed E-state index contributed by atoms with van der Waals surface area (Å²) in [5.41, 5.74) is 1.11. The third-order valence-corrected chi connectivity index (χ3v) is 10.3. The number of halogens is 1. The van der Waals surface area contributed by atoms with E-state index in [1.807, 2.05) is 41.3 Å². The maximum absolute atomic E-state index is 12.9. The molecule has 1 aliphatic heterocycles. The molecule has 0 saturated carbocycles. The molecule has 0 fully saturated rings. The number of nitrogens with zero attached hydrogens (tertiary/aromatic N) is 1. The molecule has 5 heteroatoms. The molecule has 0 aromatic heterocycles. The number of hydrogen-bond acceptors (Lipinski definition) is 2. The Morgan fingerprint density at radius 3 is 2.38 bits per heavy atom. The Balaban J connectivity index is 2.21. The highest BCUT2D eigenvalue weighted by molar-refractivity contribution is 6.74. The predicted molar refractivity (Wildman–Crippen MR) is 112 cm³/mol. The molecule has 0 aliphatic carbocycles. The molecule has 0 saturated heterocycles. The van der Waals surface area contributed by atoms with Gasteiger partial charge in [-0.25, -0.2) is 0 Å². The van der Waals surface area contributed by atoms with Crippen LogP contribution in [0.25, 0.3) is 0 Å². The van der Waals surface area contributed by atoms with Gasteiger partial charge in [-0.3, -0.25) is 4.79 Å². The first kappa shape index (κ1) is 21.2. The van der Waals surface area contributed by atoms with E-state index < -0.39 is 13.7 Å². The monoisotopic (exact) mass is 393 g/mol. The van der Waals surface area contributed by atoms with Gasteiger partial charge >= 0.3 is 0 Å². The van der Waals surface area contributed by atoms with E-state index in [-0.39, 0.29) is 17.0 Å². The number of hydrogen-bond donors (Lipinski definition) is 0. The van der Waals surface area contributed by atoms with E-state index in [9.17, 15) is 4.79 Å². The predicted octanol–water partition coefficient (Wildman–Crippen LogP) is 5.36. The lowest BCUT2D eigenvalue weighted by Crippen LogP contribution is -2.48. The fourth-order valence-corrected chi connectivity index (χ4v) is 4.40. The highest BCUT2D eigenvalue weighted by Gasteiger charge is 2.39. The molecule has 0 bridgehead atoms. The summed E-state index contributed by atoms with van der Waals surface area (Å²) in [6.45, 7) is 12.4. The number of alkyl halides is 1. The summed E-state index contributed by atoms with van der Waals surface area (Å²) in [5.74, 6) is -0.00842. The average Bonchev–Trinajstić information content (AvgIpc) is 2.61. The van der Waals surface area contributed by atoms with Crippen LogP contribution in [0.2, 0.25) is 18.1 Å². The Hall–Kier alpha value is -1.10. The van der Waals surface area contributed by atoms with E-state index in [0.717, 1.165) is 12.0 Å². The third kappa shape index (κ3) is 5.70. The summed E-state index contributed by atoms with van der Waals surface area (Å²) in [6.07, 6.45) is 5.52. The molecule has 0 unspecified atom stereocenters. The van der Waals surface area contributed by atoms with Gasteiger partial charge in [0.25, 0.3) is 0 Å². The SMILES string of the molecule is CC(C)(C)[Si](C)(C)O[C@@H]1C/C=C\C[C@@H](Cl)C(=O)N(Cc2ccccc2)C1. The van der Waals surface area contributed by atoms with Gasteiger partial charge in [0.15, 0.2) is 8.32 Å². The Bertz CT molecular complexity index is 625. The van der Waals surface area contributed by atoms with Crippen molar-refractivity contribution in [1.29, 1.82) is 0 Å². The highest BCUT2D eigenvalue weighted by Crippen LogP contribution is 2.38. The molecular formula is C21H32ClNO2Si. The van der Waals surface area contributed by atoms with Crippen molar-refractivity contribution in [2.75, 3.05) is 6.54 Å². The van der Waals surface area contributed by atoms with Gasteiger partial charge in [0.1, 0.15) is 5.38 Å². The number of allylic oxidation sites excluding steroid dienone is 1. The number of carbonyl (C=O) groups excluding carboxylic acids is 1. The normalized spacial score (nSPS) is 23.9. The zero-order valence-electron chi connectivity index (χ0n) is 16.7. The van der Waals surface area contributed by atoms with Crippen molar-refractivity contribution < 1.29 is 9.22 Å². The Kier molecular flexibility index (Phi) is 7.11. The van der Waals surface area contributed by atoms with E-state index >= 15 is 0 Å². The first-order valence-electron chi connectivity index (χ1n) is 9.40. The van der Waals surface area contributed by atoms with Crippen molar-refractivity contribution in [3.05, 3.63) is 48.0 Å². The Labute approximate surface area is 164 Å². The molecule has 1 aromatic carbocycles. The minimum Gasteiger partial charge on any atom is -0.412 e. The molecule has 2 atom stereocenters. The van der Waals surface area contributed by atoms with Crippen molar-refractivity contribution in [3.63, 3.8) is 0 Å². The smallest absolute Gasteiger partial charge is 0.241 e. The van der Waals surface area contributed by atoms with E-state index in [4.69, 9.17) is 16.0 Å². The summed E-state index contributed by atoms with van der Waals surface area (Å²) in [6, 6.07) is 10.1.